The van der Waals surface area contributed by atoms with E-state index < -0.39 is 24.4 Å². The van der Waals surface area contributed by atoms with E-state index in [-0.39, 0.29) is 13.2 Å². The molecule has 1 heterocycles. The Balaban J connectivity index is 0.000000671. The number of ether oxygens (including phenoxy) is 1. The van der Waals surface area contributed by atoms with E-state index in [0.717, 1.165) is 7.11 Å². The van der Waals surface area contributed by atoms with Crippen LogP contribution in [0.25, 0.3) is 0 Å². The van der Waals surface area contributed by atoms with Crippen LogP contribution in [-0.4, -0.2) is 70.3 Å². The summed E-state index contributed by atoms with van der Waals surface area (Å²) in [7, 11) is 1.00. The Morgan fingerprint density at radius 3 is 2.15 bits per heavy atom. The molecule has 1 aliphatic heterocycles. The van der Waals surface area contributed by atoms with E-state index in [4.69, 9.17) is 30.3 Å². The highest BCUT2D eigenvalue weighted by Crippen LogP contribution is 2.14. The minimum Gasteiger partial charge on any atom is -0.400 e. The predicted octanol–water partition coefficient (Wildman–Crippen LogP) is -2.93. The molecule has 1 aliphatic rings. The molecule has 0 aromatic heterocycles. The molecule has 0 bridgehead atoms. The Hall–Kier alpha value is -0.240. The average Bonchev–Trinajstić information content (AvgIpc) is 2.18. The van der Waals surface area contributed by atoms with Gasteiger partial charge in [0.2, 0.25) is 0 Å². The fourth-order valence-corrected chi connectivity index (χ4v) is 1.03. The smallest absolute Gasteiger partial charge is 0.111 e. The molecular formula is C7H16O6. The summed E-state index contributed by atoms with van der Waals surface area (Å²) in [6.45, 7) is -0.408. The van der Waals surface area contributed by atoms with Gasteiger partial charge >= 0.3 is 0 Å². The molecule has 1 saturated heterocycles. The lowest BCUT2D eigenvalue weighted by atomic mass is 10.0. The standard InChI is InChI=1S/C6H12O5.CH4O/c7-1-4-6(10)5(9)3(8)2-11-4;1-2/h3-10H,1-2H2;2H,1H3. The maximum atomic E-state index is 9.11. The van der Waals surface area contributed by atoms with Gasteiger partial charge in [-0.3, -0.25) is 0 Å². The largest absolute Gasteiger partial charge is 0.400 e. The minimum absolute atomic E-state index is 0.0521. The molecule has 1 rings (SSSR count). The van der Waals surface area contributed by atoms with Gasteiger partial charge < -0.3 is 30.3 Å². The van der Waals surface area contributed by atoms with Crippen molar-refractivity contribution in [1.29, 1.82) is 0 Å². The molecule has 0 amide bonds. The number of hydrogen-bond acceptors (Lipinski definition) is 6. The van der Waals surface area contributed by atoms with Crippen LogP contribution in [0.3, 0.4) is 0 Å². The van der Waals surface area contributed by atoms with Crippen LogP contribution in [0.15, 0.2) is 0 Å². The van der Waals surface area contributed by atoms with Crippen molar-refractivity contribution in [2.75, 3.05) is 20.3 Å². The third-order valence-electron chi connectivity index (χ3n) is 1.79. The average molecular weight is 196 g/mol. The molecule has 0 aliphatic carbocycles. The van der Waals surface area contributed by atoms with E-state index in [2.05, 4.69) is 0 Å². The molecule has 80 valence electrons. The van der Waals surface area contributed by atoms with Crippen LogP contribution in [0.2, 0.25) is 0 Å². The van der Waals surface area contributed by atoms with Crippen LogP contribution in [0, 0.1) is 0 Å². The van der Waals surface area contributed by atoms with Gasteiger partial charge in [0.25, 0.3) is 0 Å². The van der Waals surface area contributed by atoms with Gasteiger partial charge in [-0.25, -0.2) is 0 Å². The van der Waals surface area contributed by atoms with E-state index in [1.54, 1.807) is 0 Å². The van der Waals surface area contributed by atoms with Crippen LogP contribution < -0.4 is 0 Å². The van der Waals surface area contributed by atoms with Crippen LogP contribution in [0.5, 0.6) is 0 Å². The van der Waals surface area contributed by atoms with Gasteiger partial charge in [0.05, 0.1) is 13.2 Å². The molecule has 13 heavy (non-hydrogen) atoms. The van der Waals surface area contributed by atoms with Crippen LogP contribution in [-0.2, 0) is 4.74 Å². The quantitative estimate of drug-likeness (QED) is 0.307. The van der Waals surface area contributed by atoms with Gasteiger partial charge in [0.15, 0.2) is 0 Å². The zero-order valence-corrected chi connectivity index (χ0v) is 7.37. The zero-order chi connectivity index (χ0) is 10.4. The second-order valence-corrected chi connectivity index (χ2v) is 2.60. The maximum Gasteiger partial charge on any atom is 0.111 e. The van der Waals surface area contributed by atoms with Crippen LogP contribution >= 0.6 is 0 Å². The van der Waals surface area contributed by atoms with E-state index in [0.29, 0.717) is 0 Å². The Labute approximate surface area is 76.0 Å². The molecular weight excluding hydrogens is 180 g/mol. The van der Waals surface area contributed by atoms with Crippen molar-refractivity contribution in [2.24, 2.45) is 0 Å². The van der Waals surface area contributed by atoms with Crippen molar-refractivity contribution in [2.45, 2.75) is 24.4 Å². The molecule has 6 nitrogen and oxygen atoms in total. The van der Waals surface area contributed by atoms with Crippen molar-refractivity contribution in [3.63, 3.8) is 0 Å². The number of hydrogen-bond donors (Lipinski definition) is 5. The van der Waals surface area contributed by atoms with Gasteiger partial charge in [-0.05, 0) is 0 Å². The van der Waals surface area contributed by atoms with Gasteiger partial charge in [-0.15, -0.1) is 0 Å². The van der Waals surface area contributed by atoms with E-state index in [9.17, 15) is 0 Å². The SMILES string of the molecule is CO.OCC1OCC(O)C(O)C1O. The summed E-state index contributed by atoms with van der Waals surface area (Å²) in [5.41, 5.74) is 0. The lowest BCUT2D eigenvalue weighted by Crippen LogP contribution is -2.53. The highest BCUT2D eigenvalue weighted by atomic mass is 16.5. The van der Waals surface area contributed by atoms with Crippen LogP contribution in [0.1, 0.15) is 0 Å². The fraction of sp³-hybridized carbons (Fsp3) is 1.00. The highest BCUT2D eigenvalue weighted by molar-refractivity contribution is 4.85. The second kappa shape index (κ2) is 6.25. The van der Waals surface area contributed by atoms with E-state index in [1.807, 2.05) is 0 Å². The van der Waals surface area contributed by atoms with Crippen molar-refractivity contribution in [3.05, 3.63) is 0 Å². The molecule has 4 atom stereocenters. The molecule has 0 radical (unpaired) electrons. The van der Waals surface area contributed by atoms with Crippen molar-refractivity contribution in [3.8, 4) is 0 Å². The molecule has 4 unspecified atom stereocenters. The summed E-state index contributed by atoms with van der Waals surface area (Å²) in [6.07, 6.45) is -4.27. The van der Waals surface area contributed by atoms with Gasteiger partial charge in [-0.1, -0.05) is 0 Å². The molecule has 0 spiro atoms. The first-order valence-corrected chi connectivity index (χ1v) is 3.88. The third-order valence-corrected chi connectivity index (χ3v) is 1.79. The Morgan fingerprint density at radius 2 is 1.69 bits per heavy atom. The van der Waals surface area contributed by atoms with Crippen molar-refractivity contribution in [1.82, 2.24) is 0 Å². The first kappa shape index (κ1) is 12.8. The van der Waals surface area contributed by atoms with E-state index >= 15 is 0 Å². The predicted molar refractivity (Wildman–Crippen MR) is 43.0 cm³/mol. The van der Waals surface area contributed by atoms with Crippen molar-refractivity contribution < 1.29 is 30.3 Å². The Bertz CT molecular complexity index is 128. The summed E-state index contributed by atoms with van der Waals surface area (Å²) in [5.74, 6) is 0. The molecule has 5 N–H and O–H groups in total. The molecule has 0 saturated carbocycles. The van der Waals surface area contributed by atoms with Gasteiger partial charge in [-0.2, -0.15) is 0 Å². The van der Waals surface area contributed by atoms with E-state index in [1.165, 1.54) is 0 Å². The maximum absolute atomic E-state index is 9.11. The first-order chi connectivity index (χ1) is 6.16. The Morgan fingerprint density at radius 1 is 1.15 bits per heavy atom. The molecule has 6 heteroatoms. The molecule has 1 fully saturated rings. The fourth-order valence-electron chi connectivity index (χ4n) is 1.03. The summed E-state index contributed by atoms with van der Waals surface area (Å²) < 4.78 is 4.81. The number of rotatable bonds is 1. The summed E-state index contributed by atoms with van der Waals surface area (Å²) in [5, 5.41) is 42.7. The summed E-state index contributed by atoms with van der Waals surface area (Å²) in [6, 6.07) is 0. The zero-order valence-electron chi connectivity index (χ0n) is 7.37. The highest BCUT2D eigenvalue weighted by Gasteiger charge is 2.36. The second-order valence-electron chi connectivity index (χ2n) is 2.60. The normalized spacial score (nSPS) is 39.2. The lowest BCUT2D eigenvalue weighted by molar-refractivity contribution is -0.195. The van der Waals surface area contributed by atoms with Gasteiger partial charge in [0, 0.05) is 7.11 Å². The molecule has 0 aromatic carbocycles. The number of aliphatic hydroxyl groups excluding tert-OH is 5. The summed E-state index contributed by atoms with van der Waals surface area (Å²) >= 11 is 0. The van der Waals surface area contributed by atoms with Gasteiger partial charge in [0.1, 0.15) is 24.4 Å². The van der Waals surface area contributed by atoms with Crippen LogP contribution in [0.4, 0.5) is 0 Å². The molecule has 0 aromatic rings. The number of aliphatic hydroxyl groups is 5. The first-order valence-electron chi connectivity index (χ1n) is 3.88. The monoisotopic (exact) mass is 196 g/mol. The minimum atomic E-state index is -1.22. The topological polar surface area (TPSA) is 110 Å². The Kier molecular flexibility index (Phi) is 6.13. The summed E-state index contributed by atoms with van der Waals surface area (Å²) in [4.78, 5) is 0. The van der Waals surface area contributed by atoms with Crippen molar-refractivity contribution >= 4 is 0 Å². The third kappa shape index (κ3) is 3.18. The lowest BCUT2D eigenvalue weighted by Gasteiger charge is -2.34.